The molecule has 0 saturated heterocycles. The van der Waals surface area contributed by atoms with Crippen molar-refractivity contribution < 1.29 is 24.5 Å². The van der Waals surface area contributed by atoms with Crippen molar-refractivity contribution in [2.75, 3.05) is 7.11 Å². The number of carboxylic acid groups (broad SMARTS) is 1. The fraction of sp³-hybridized carbons (Fsp3) is 0.182. The van der Waals surface area contributed by atoms with Crippen LogP contribution in [0.25, 0.3) is 11.2 Å². The lowest BCUT2D eigenvalue weighted by atomic mass is 10.2. The quantitative estimate of drug-likeness (QED) is 0.367. The van der Waals surface area contributed by atoms with E-state index >= 15 is 0 Å². The highest BCUT2D eigenvalue weighted by atomic mass is 16.5. The maximum atomic E-state index is 11.7. The molecule has 0 fully saturated rings. The van der Waals surface area contributed by atoms with Crippen LogP contribution in [0.4, 0.5) is 0 Å². The second-order valence-corrected chi connectivity index (χ2v) is 7.03. The standard InChI is InChI=1S/C8H10N4O2.C8H8O4.C6H6N2O/c1-10-4-9-6-5(10)7(13)12(3)8(14)11(6)2;1-12-7-4-5(8(10)11)2-3-6(7)9;7-6(9)5-2-1-3-8-4-5/h4H,1-3H3;2-4,9H,1H3,(H,10,11);1-4H,(H2,7,9). The third kappa shape index (κ3) is 6.10. The molecule has 1 amide bonds. The molecule has 0 aliphatic rings. The number of imidazole rings is 1. The Balaban J connectivity index is 0.000000190. The number of aromatic carboxylic acids is 1. The number of phenolic OH excluding ortho intramolecular Hbond substituents is 1. The van der Waals surface area contributed by atoms with Crippen LogP contribution in [-0.2, 0) is 21.1 Å². The lowest BCUT2D eigenvalue weighted by molar-refractivity contribution is 0.0696. The zero-order valence-corrected chi connectivity index (χ0v) is 19.4. The summed E-state index contributed by atoms with van der Waals surface area (Å²) in [5.41, 5.74) is 5.64. The van der Waals surface area contributed by atoms with E-state index in [-0.39, 0.29) is 28.3 Å². The number of carbonyl (C=O) groups is 2. The number of phenols is 1. The Morgan fingerprint density at radius 2 is 1.74 bits per heavy atom. The van der Waals surface area contributed by atoms with Crippen molar-refractivity contribution in [1.82, 2.24) is 23.7 Å². The first-order valence-electron chi connectivity index (χ1n) is 9.86. The van der Waals surface area contributed by atoms with Gasteiger partial charge in [-0.05, 0) is 30.3 Å². The van der Waals surface area contributed by atoms with Gasteiger partial charge in [-0.25, -0.2) is 14.6 Å². The summed E-state index contributed by atoms with van der Waals surface area (Å²) >= 11 is 0. The van der Waals surface area contributed by atoms with Crippen LogP contribution in [0.5, 0.6) is 11.5 Å². The number of aromatic nitrogens is 5. The van der Waals surface area contributed by atoms with E-state index < -0.39 is 11.9 Å². The molecule has 4 aromatic rings. The normalized spacial score (nSPS) is 9.94. The molecule has 0 unspecified atom stereocenters. The number of aromatic hydroxyl groups is 1. The Kier molecular flexibility index (Phi) is 8.47. The number of benzene rings is 1. The minimum absolute atomic E-state index is 0.0671. The number of hydrogen-bond donors (Lipinski definition) is 3. The van der Waals surface area contributed by atoms with Crippen LogP contribution in [0.2, 0.25) is 0 Å². The SMILES string of the molecule is COc1cc(C(=O)O)ccc1O.Cn1c(=O)c2c(ncn2C)n(C)c1=O.NC(=O)c1cccnc1. The van der Waals surface area contributed by atoms with Crippen LogP contribution < -0.4 is 21.7 Å². The van der Waals surface area contributed by atoms with Gasteiger partial charge < -0.3 is 25.3 Å². The van der Waals surface area contributed by atoms with E-state index in [4.69, 9.17) is 20.7 Å². The molecule has 0 radical (unpaired) electrons. The average molecular weight is 484 g/mol. The summed E-state index contributed by atoms with van der Waals surface area (Å²) in [4.78, 5) is 51.7. The predicted molar refractivity (Wildman–Crippen MR) is 126 cm³/mol. The fourth-order valence-electron chi connectivity index (χ4n) is 2.79. The third-order valence-electron chi connectivity index (χ3n) is 4.69. The Hall–Kier alpha value is -4.94. The second-order valence-electron chi connectivity index (χ2n) is 7.03. The van der Waals surface area contributed by atoms with E-state index in [9.17, 15) is 19.2 Å². The van der Waals surface area contributed by atoms with Gasteiger partial charge in [-0.15, -0.1) is 0 Å². The van der Waals surface area contributed by atoms with E-state index in [0.29, 0.717) is 16.7 Å². The van der Waals surface area contributed by atoms with Gasteiger partial charge in [0.05, 0.1) is 24.6 Å². The van der Waals surface area contributed by atoms with Crippen LogP contribution >= 0.6 is 0 Å². The van der Waals surface area contributed by atoms with Gasteiger partial charge in [-0.2, -0.15) is 0 Å². The molecule has 0 saturated carbocycles. The molecule has 184 valence electrons. The van der Waals surface area contributed by atoms with Crippen molar-refractivity contribution in [2.45, 2.75) is 0 Å². The Labute approximate surface area is 198 Å². The number of fused-ring (bicyclic) bond motifs is 1. The van der Waals surface area contributed by atoms with Gasteiger partial charge in [0.1, 0.15) is 0 Å². The van der Waals surface area contributed by atoms with E-state index in [1.54, 1.807) is 37.0 Å². The van der Waals surface area contributed by atoms with Crippen molar-refractivity contribution in [3.63, 3.8) is 0 Å². The Morgan fingerprint density at radius 1 is 1.06 bits per heavy atom. The number of nitrogens with two attached hydrogens (primary N) is 1. The van der Waals surface area contributed by atoms with Gasteiger partial charge in [-0.1, -0.05) is 0 Å². The topological polar surface area (TPSA) is 185 Å². The number of pyridine rings is 1. The first-order chi connectivity index (χ1) is 16.5. The van der Waals surface area contributed by atoms with Crippen LogP contribution in [0, 0.1) is 0 Å². The Bertz CT molecular complexity index is 1470. The summed E-state index contributed by atoms with van der Waals surface area (Å²) in [6.45, 7) is 0. The number of ether oxygens (including phenoxy) is 1. The molecule has 0 atom stereocenters. The van der Waals surface area contributed by atoms with Gasteiger partial charge in [0.15, 0.2) is 22.7 Å². The summed E-state index contributed by atoms with van der Waals surface area (Å²) in [7, 11) is 6.14. The average Bonchev–Trinajstić information content (AvgIpc) is 3.24. The largest absolute Gasteiger partial charge is 0.504 e. The van der Waals surface area contributed by atoms with Crippen molar-refractivity contribution in [3.05, 3.63) is 81.0 Å². The molecular formula is C22H24N6O7. The van der Waals surface area contributed by atoms with Gasteiger partial charge >= 0.3 is 11.7 Å². The van der Waals surface area contributed by atoms with Crippen LogP contribution in [0.3, 0.4) is 0 Å². The van der Waals surface area contributed by atoms with E-state index in [2.05, 4.69) is 9.97 Å². The zero-order chi connectivity index (χ0) is 26.3. The number of amides is 1. The van der Waals surface area contributed by atoms with Crippen LogP contribution in [-0.4, -0.2) is 52.9 Å². The monoisotopic (exact) mass is 484 g/mol. The maximum absolute atomic E-state index is 11.7. The first-order valence-corrected chi connectivity index (χ1v) is 9.86. The molecule has 4 rings (SSSR count). The minimum Gasteiger partial charge on any atom is -0.504 e. The number of nitrogens with zero attached hydrogens (tertiary/aromatic N) is 5. The number of carbonyl (C=O) groups excluding carboxylic acids is 1. The Morgan fingerprint density at radius 3 is 2.26 bits per heavy atom. The van der Waals surface area contributed by atoms with Gasteiger partial charge in [0.25, 0.3) is 5.56 Å². The lowest BCUT2D eigenvalue weighted by Gasteiger charge is -2.02. The molecule has 35 heavy (non-hydrogen) atoms. The van der Waals surface area contributed by atoms with Gasteiger partial charge in [0, 0.05) is 33.5 Å². The van der Waals surface area contributed by atoms with Crippen LogP contribution in [0.15, 0.2) is 58.6 Å². The minimum atomic E-state index is -1.05. The predicted octanol–water partition coefficient (Wildman–Crippen LogP) is 0.250. The molecule has 1 aromatic carbocycles. The van der Waals surface area contributed by atoms with Crippen LogP contribution in [0.1, 0.15) is 20.7 Å². The summed E-state index contributed by atoms with van der Waals surface area (Å²) in [5, 5.41) is 17.7. The number of rotatable bonds is 3. The third-order valence-corrected chi connectivity index (χ3v) is 4.69. The number of hydrogen-bond acceptors (Lipinski definition) is 8. The molecule has 13 heteroatoms. The highest BCUT2D eigenvalue weighted by Gasteiger charge is 2.11. The lowest BCUT2D eigenvalue weighted by Crippen LogP contribution is -2.37. The van der Waals surface area contributed by atoms with Crippen molar-refractivity contribution >= 4 is 23.0 Å². The molecule has 0 aliphatic heterocycles. The molecule has 3 aromatic heterocycles. The molecule has 0 bridgehead atoms. The first kappa shape index (κ1) is 26.3. The summed E-state index contributed by atoms with van der Waals surface area (Å²) in [5.74, 6) is -1.39. The van der Waals surface area contributed by atoms with Crippen molar-refractivity contribution in [1.29, 1.82) is 0 Å². The maximum Gasteiger partial charge on any atom is 0.335 e. The molecule has 3 heterocycles. The second kappa shape index (κ2) is 11.3. The van der Waals surface area contributed by atoms with Crippen molar-refractivity contribution in [3.8, 4) is 11.5 Å². The zero-order valence-electron chi connectivity index (χ0n) is 19.4. The molecule has 0 spiro atoms. The summed E-state index contributed by atoms with van der Waals surface area (Å²) in [6.07, 6.45) is 4.54. The molecule has 0 aliphatic carbocycles. The van der Waals surface area contributed by atoms with Gasteiger partial charge in [-0.3, -0.25) is 23.7 Å². The molecule has 4 N–H and O–H groups in total. The van der Waals surface area contributed by atoms with Crippen molar-refractivity contribution in [2.24, 2.45) is 26.9 Å². The fourth-order valence-corrected chi connectivity index (χ4v) is 2.79. The number of methoxy groups -OCH3 is 1. The number of primary amides is 1. The molecular weight excluding hydrogens is 460 g/mol. The smallest absolute Gasteiger partial charge is 0.335 e. The number of carboxylic acids is 1. The van der Waals surface area contributed by atoms with Gasteiger partial charge in [0.2, 0.25) is 5.91 Å². The summed E-state index contributed by atoms with van der Waals surface area (Å²) < 4.78 is 8.76. The highest BCUT2D eigenvalue weighted by molar-refractivity contribution is 5.92. The molecule has 13 nitrogen and oxygen atoms in total. The van der Waals surface area contributed by atoms with E-state index in [0.717, 1.165) is 4.57 Å². The number of aryl methyl sites for hydroxylation is 2. The summed E-state index contributed by atoms with van der Waals surface area (Å²) in [6, 6.07) is 7.13. The van der Waals surface area contributed by atoms with E-state index in [1.165, 1.54) is 49.4 Å². The highest BCUT2D eigenvalue weighted by Crippen LogP contribution is 2.25. The van der Waals surface area contributed by atoms with E-state index in [1.807, 2.05) is 0 Å².